The molecule has 0 aromatic heterocycles. The molecule has 0 spiro atoms. The van der Waals surface area contributed by atoms with Crippen molar-refractivity contribution in [3.63, 3.8) is 0 Å². The lowest BCUT2D eigenvalue weighted by atomic mass is 10.2. The fourth-order valence-electron chi connectivity index (χ4n) is 1.40. The summed E-state index contributed by atoms with van der Waals surface area (Å²) < 4.78 is 22.5. The normalized spacial score (nSPS) is 13.6. The van der Waals surface area contributed by atoms with Gasteiger partial charge >= 0.3 is 0 Å². The van der Waals surface area contributed by atoms with Crippen molar-refractivity contribution in [2.24, 2.45) is 5.73 Å². The average molecular weight is 256 g/mol. The van der Waals surface area contributed by atoms with E-state index < -0.39 is 9.84 Å². The predicted molar refractivity (Wildman–Crippen MR) is 69.5 cm³/mol. The van der Waals surface area contributed by atoms with E-state index in [0.29, 0.717) is 11.4 Å². The van der Waals surface area contributed by atoms with Crippen molar-refractivity contribution >= 4 is 9.84 Å². The second kappa shape index (κ2) is 6.14. The van der Waals surface area contributed by atoms with Crippen molar-refractivity contribution in [2.45, 2.75) is 30.8 Å². The van der Waals surface area contributed by atoms with E-state index in [1.54, 1.807) is 12.1 Å². The van der Waals surface area contributed by atoms with E-state index in [2.05, 4.69) is 5.32 Å². The minimum atomic E-state index is -3.10. The molecule has 1 atom stereocenters. The van der Waals surface area contributed by atoms with Gasteiger partial charge in [-0.25, -0.2) is 8.42 Å². The molecule has 0 bridgehead atoms. The van der Waals surface area contributed by atoms with Crippen molar-refractivity contribution in [3.8, 4) is 0 Å². The number of hydrogen-bond acceptors (Lipinski definition) is 4. The Morgan fingerprint density at radius 1 is 1.29 bits per heavy atom. The average Bonchev–Trinajstić information content (AvgIpc) is 2.28. The quantitative estimate of drug-likeness (QED) is 0.794. The van der Waals surface area contributed by atoms with Gasteiger partial charge in [-0.1, -0.05) is 19.1 Å². The van der Waals surface area contributed by atoms with Crippen LogP contribution in [0, 0.1) is 0 Å². The summed E-state index contributed by atoms with van der Waals surface area (Å²) in [6, 6.07) is 7.07. The lowest BCUT2D eigenvalue weighted by molar-refractivity contribution is 0.563. The molecule has 0 fully saturated rings. The number of hydrogen-bond donors (Lipinski definition) is 2. The molecule has 3 N–H and O–H groups in total. The number of benzene rings is 1. The molecule has 17 heavy (non-hydrogen) atoms. The molecular formula is C12H20N2O2S. The van der Waals surface area contributed by atoms with Crippen LogP contribution in [0.3, 0.4) is 0 Å². The van der Waals surface area contributed by atoms with Crippen LogP contribution in [0.25, 0.3) is 0 Å². The van der Waals surface area contributed by atoms with Gasteiger partial charge in [0.25, 0.3) is 0 Å². The molecule has 0 aliphatic rings. The van der Waals surface area contributed by atoms with Gasteiger partial charge in [-0.15, -0.1) is 0 Å². The second-order valence-corrected chi connectivity index (χ2v) is 6.23. The highest BCUT2D eigenvalue weighted by atomic mass is 32.2. The van der Waals surface area contributed by atoms with E-state index in [9.17, 15) is 8.42 Å². The standard InChI is InChI=1S/C12H20N2O2S/c1-3-11(13)9-14-8-10-4-6-12(7-5-10)17(2,15)16/h4-7,11,14H,3,8-9,13H2,1-2H3. The maximum atomic E-state index is 11.3. The number of rotatable bonds is 6. The lowest BCUT2D eigenvalue weighted by Crippen LogP contribution is -2.32. The number of nitrogens with two attached hydrogens (primary N) is 1. The van der Waals surface area contributed by atoms with Crippen molar-refractivity contribution in [1.82, 2.24) is 5.32 Å². The zero-order valence-corrected chi connectivity index (χ0v) is 11.1. The van der Waals surface area contributed by atoms with Crippen LogP contribution in [0.4, 0.5) is 0 Å². The van der Waals surface area contributed by atoms with Crippen LogP contribution in [0.15, 0.2) is 29.2 Å². The van der Waals surface area contributed by atoms with E-state index >= 15 is 0 Å². The molecule has 1 aromatic rings. The third-order valence-corrected chi connectivity index (χ3v) is 3.74. The van der Waals surface area contributed by atoms with Crippen molar-refractivity contribution in [3.05, 3.63) is 29.8 Å². The summed E-state index contributed by atoms with van der Waals surface area (Å²) >= 11 is 0. The summed E-state index contributed by atoms with van der Waals surface area (Å²) in [5.41, 5.74) is 6.83. The van der Waals surface area contributed by atoms with Crippen molar-refractivity contribution in [1.29, 1.82) is 0 Å². The van der Waals surface area contributed by atoms with Crippen molar-refractivity contribution < 1.29 is 8.42 Å². The summed E-state index contributed by atoms with van der Waals surface area (Å²) in [6.45, 7) is 3.52. The molecule has 96 valence electrons. The van der Waals surface area contributed by atoms with Gasteiger partial charge in [-0.3, -0.25) is 0 Å². The Labute approximate surface area is 103 Å². The fraction of sp³-hybridized carbons (Fsp3) is 0.500. The highest BCUT2D eigenvalue weighted by Gasteiger charge is 2.06. The van der Waals surface area contributed by atoms with Crippen LogP contribution in [-0.2, 0) is 16.4 Å². The van der Waals surface area contributed by atoms with Gasteiger partial charge in [0.2, 0.25) is 0 Å². The molecule has 5 heteroatoms. The Morgan fingerprint density at radius 2 is 1.88 bits per heavy atom. The molecule has 0 aliphatic carbocycles. The van der Waals surface area contributed by atoms with Gasteiger partial charge in [0.05, 0.1) is 4.90 Å². The Balaban J connectivity index is 2.52. The van der Waals surface area contributed by atoms with Crippen LogP contribution in [0.2, 0.25) is 0 Å². The molecule has 0 saturated heterocycles. The van der Waals surface area contributed by atoms with Crippen LogP contribution in [0.1, 0.15) is 18.9 Å². The van der Waals surface area contributed by atoms with Gasteiger partial charge in [-0.2, -0.15) is 0 Å². The largest absolute Gasteiger partial charge is 0.327 e. The minimum absolute atomic E-state index is 0.172. The first-order chi connectivity index (χ1) is 7.93. The van der Waals surface area contributed by atoms with E-state index in [1.165, 1.54) is 6.26 Å². The molecule has 1 unspecified atom stereocenters. The van der Waals surface area contributed by atoms with Gasteiger partial charge in [0, 0.05) is 25.4 Å². The first-order valence-corrected chi connectivity index (χ1v) is 7.58. The third-order valence-electron chi connectivity index (χ3n) is 2.61. The smallest absolute Gasteiger partial charge is 0.175 e. The number of sulfone groups is 1. The molecule has 1 aromatic carbocycles. The van der Waals surface area contributed by atoms with Gasteiger partial charge in [0.15, 0.2) is 9.84 Å². The first kappa shape index (κ1) is 14.2. The molecule has 0 radical (unpaired) electrons. The predicted octanol–water partition coefficient (Wildman–Crippen LogP) is 0.917. The van der Waals surface area contributed by atoms with E-state index in [-0.39, 0.29) is 6.04 Å². The number of nitrogens with one attached hydrogen (secondary N) is 1. The Morgan fingerprint density at radius 3 is 2.35 bits per heavy atom. The maximum absolute atomic E-state index is 11.3. The first-order valence-electron chi connectivity index (χ1n) is 5.68. The highest BCUT2D eigenvalue weighted by molar-refractivity contribution is 7.90. The third kappa shape index (κ3) is 4.85. The van der Waals surface area contributed by atoms with Crippen LogP contribution in [-0.4, -0.2) is 27.3 Å². The minimum Gasteiger partial charge on any atom is -0.327 e. The van der Waals surface area contributed by atoms with E-state index in [0.717, 1.165) is 18.5 Å². The van der Waals surface area contributed by atoms with Crippen LogP contribution in [0.5, 0.6) is 0 Å². The molecular weight excluding hydrogens is 236 g/mol. The summed E-state index contributed by atoms with van der Waals surface area (Å²) in [5, 5.41) is 3.24. The highest BCUT2D eigenvalue weighted by Crippen LogP contribution is 2.10. The topological polar surface area (TPSA) is 72.2 Å². The maximum Gasteiger partial charge on any atom is 0.175 e. The summed E-state index contributed by atoms with van der Waals surface area (Å²) in [7, 11) is -3.10. The monoisotopic (exact) mass is 256 g/mol. The molecule has 1 rings (SSSR count). The lowest BCUT2D eigenvalue weighted by Gasteiger charge is -2.10. The van der Waals surface area contributed by atoms with Crippen LogP contribution < -0.4 is 11.1 Å². The van der Waals surface area contributed by atoms with E-state index in [4.69, 9.17) is 5.73 Å². The molecule has 0 amide bonds. The fourth-order valence-corrected chi connectivity index (χ4v) is 2.03. The molecule has 0 heterocycles. The van der Waals surface area contributed by atoms with Gasteiger partial charge < -0.3 is 11.1 Å². The van der Waals surface area contributed by atoms with Crippen LogP contribution >= 0.6 is 0 Å². The summed E-state index contributed by atoms with van der Waals surface area (Å²) in [4.78, 5) is 0.353. The summed E-state index contributed by atoms with van der Waals surface area (Å²) in [5.74, 6) is 0. The SMILES string of the molecule is CCC(N)CNCc1ccc(S(C)(=O)=O)cc1. The Bertz CT molecular complexity index is 440. The summed E-state index contributed by atoms with van der Waals surface area (Å²) in [6.07, 6.45) is 2.15. The van der Waals surface area contributed by atoms with Crippen molar-refractivity contribution in [2.75, 3.05) is 12.8 Å². The van der Waals surface area contributed by atoms with Gasteiger partial charge in [-0.05, 0) is 24.1 Å². The van der Waals surface area contributed by atoms with Gasteiger partial charge in [0.1, 0.15) is 0 Å². The molecule has 0 aliphatic heterocycles. The molecule has 0 saturated carbocycles. The zero-order chi connectivity index (χ0) is 12.9. The Kier molecular flexibility index (Phi) is 5.11. The van der Waals surface area contributed by atoms with E-state index in [1.807, 2.05) is 19.1 Å². The Hall–Kier alpha value is -0.910. The molecule has 4 nitrogen and oxygen atoms in total. The second-order valence-electron chi connectivity index (χ2n) is 4.22. The zero-order valence-electron chi connectivity index (χ0n) is 10.3.